The molecule has 0 unspecified atom stereocenters. The molecule has 0 atom stereocenters. The van der Waals surface area contributed by atoms with Crippen LogP contribution in [0.5, 0.6) is 0 Å². The van der Waals surface area contributed by atoms with Crippen molar-refractivity contribution in [2.45, 2.75) is 33.3 Å². The minimum Gasteiger partial charge on any atom is -0.382 e. The molecule has 0 spiro atoms. The van der Waals surface area contributed by atoms with E-state index in [4.69, 9.17) is 4.74 Å². The van der Waals surface area contributed by atoms with Gasteiger partial charge in [0.25, 0.3) is 0 Å². The van der Waals surface area contributed by atoms with Crippen LogP contribution in [0.2, 0.25) is 0 Å². The second kappa shape index (κ2) is 10.6. The Labute approximate surface area is 57.2 Å². The monoisotopic (exact) mass is 132 g/mol. The molecule has 0 aliphatic rings. The van der Waals surface area contributed by atoms with E-state index in [1.54, 1.807) is 7.11 Å². The standard InChI is InChI=1S/C4H10O.C3H6O/c1-4(2)5-3;1-2-3-4/h4H,1-3H3;3H,2H2,1H3. The summed E-state index contributed by atoms with van der Waals surface area (Å²) in [6.07, 6.45) is 1.90. The van der Waals surface area contributed by atoms with Crippen molar-refractivity contribution >= 4 is 6.29 Å². The molecule has 0 amide bonds. The van der Waals surface area contributed by atoms with Crippen LogP contribution >= 0.6 is 0 Å². The van der Waals surface area contributed by atoms with Gasteiger partial charge in [-0.2, -0.15) is 0 Å². The average Bonchev–Trinajstić information content (AvgIpc) is 1.89. The van der Waals surface area contributed by atoms with Gasteiger partial charge >= 0.3 is 0 Å². The van der Waals surface area contributed by atoms with Crippen molar-refractivity contribution < 1.29 is 9.53 Å². The number of carbonyl (C=O) groups excluding carboxylic acids is 1. The summed E-state index contributed by atoms with van der Waals surface area (Å²) in [5.41, 5.74) is 0. The number of carbonyl (C=O) groups is 1. The summed E-state index contributed by atoms with van der Waals surface area (Å²) in [6, 6.07) is 0. The minimum absolute atomic E-state index is 0.384. The molecule has 0 aliphatic heterocycles. The third-order valence-corrected chi connectivity index (χ3v) is 0.638. The maximum absolute atomic E-state index is 9.17. The molecule has 9 heavy (non-hydrogen) atoms. The molecule has 0 fully saturated rings. The molecule has 0 heterocycles. The first-order chi connectivity index (χ1) is 4.18. The molecule has 0 saturated carbocycles. The predicted molar refractivity (Wildman–Crippen MR) is 38.5 cm³/mol. The highest BCUT2D eigenvalue weighted by atomic mass is 16.5. The lowest BCUT2D eigenvalue weighted by Gasteiger charge is -1.94. The molecular weight excluding hydrogens is 116 g/mol. The SMILES string of the molecule is CCC=O.COC(C)C. The van der Waals surface area contributed by atoms with Crippen LogP contribution in [0.15, 0.2) is 0 Å². The number of hydrogen-bond acceptors (Lipinski definition) is 2. The van der Waals surface area contributed by atoms with E-state index in [2.05, 4.69) is 0 Å². The highest BCUT2D eigenvalue weighted by Crippen LogP contribution is 1.77. The van der Waals surface area contributed by atoms with Gasteiger partial charge in [0.15, 0.2) is 0 Å². The number of methoxy groups -OCH3 is 1. The van der Waals surface area contributed by atoms with Crippen LogP contribution in [-0.2, 0) is 9.53 Å². The third kappa shape index (κ3) is 35.0. The Kier molecular flexibility index (Phi) is 13.4. The molecule has 0 aliphatic carbocycles. The molecule has 0 saturated heterocycles. The summed E-state index contributed by atoms with van der Waals surface area (Å²) < 4.78 is 4.75. The molecule has 0 aromatic rings. The van der Waals surface area contributed by atoms with Crippen molar-refractivity contribution in [3.8, 4) is 0 Å². The Bertz CT molecular complexity index is 50.9. The Balaban J connectivity index is 0. The first kappa shape index (κ1) is 11.4. The van der Waals surface area contributed by atoms with Gasteiger partial charge in [0.1, 0.15) is 6.29 Å². The number of rotatable bonds is 2. The Hall–Kier alpha value is -0.370. The van der Waals surface area contributed by atoms with Crippen LogP contribution < -0.4 is 0 Å². The average molecular weight is 132 g/mol. The van der Waals surface area contributed by atoms with Gasteiger partial charge in [-0.3, -0.25) is 0 Å². The molecule has 56 valence electrons. The number of ether oxygens (including phenoxy) is 1. The van der Waals surface area contributed by atoms with Gasteiger partial charge in [-0.05, 0) is 13.8 Å². The molecule has 0 bridgehead atoms. The lowest BCUT2D eigenvalue weighted by molar-refractivity contribution is -0.107. The molecular formula is C7H16O2. The largest absolute Gasteiger partial charge is 0.382 e. The molecule has 2 heteroatoms. The Morgan fingerprint density at radius 2 is 1.78 bits per heavy atom. The summed E-state index contributed by atoms with van der Waals surface area (Å²) >= 11 is 0. The summed E-state index contributed by atoms with van der Waals surface area (Å²) in [7, 11) is 1.70. The van der Waals surface area contributed by atoms with Gasteiger partial charge in [-0.1, -0.05) is 6.92 Å². The van der Waals surface area contributed by atoms with Crippen LogP contribution in [0.1, 0.15) is 27.2 Å². The van der Waals surface area contributed by atoms with Gasteiger partial charge in [-0.15, -0.1) is 0 Å². The number of hydrogen-bond donors (Lipinski definition) is 0. The fourth-order valence-corrected chi connectivity index (χ4v) is 0. The fourth-order valence-electron chi connectivity index (χ4n) is 0. The van der Waals surface area contributed by atoms with E-state index in [1.165, 1.54) is 0 Å². The highest BCUT2D eigenvalue weighted by Gasteiger charge is 1.78. The highest BCUT2D eigenvalue weighted by molar-refractivity contribution is 5.48. The van der Waals surface area contributed by atoms with Gasteiger partial charge in [0, 0.05) is 13.5 Å². The first-order valence-electron chi connectivity index (χ1n) is 3.15. The normalized spacial score (nSPS) is 8.11. The summed E-state index contributed by atoms with van der Waals surface area (Å²) in [6.45, 7) is 5.81. The van der Waals surface area contributed by atoms with E-state index in [1.807, 2.05) is 20.8 Å². The summed E-state index contributed by atoms with van der Waals surface area (Å²) in [5.74, 6) is 0. The van der Waals surface area contributed by atoms with Crippen molar-refractivity contribution in [2.75, 3.05) is 7.11 Å². The van der Waals surface area contributed by atoms with Crippen LogP contribution in [0.25, 0.3) is 0 Å². The molecule has 0 aromatic carbocycles. The van der Waals surface area contributed by atoms with Gasteiger partial charge < -0.3 is 9.53 Å². The maximum Gasteiger partial charge on any atom is 0.119 e. The Morgan fingerprint density at radius 3 is 1.78 bits per heavy atom. The molecule has 0 N–H and O–H groups in total. The van der Waals surface area contributed by atoms with Crippen LogP contribution in [0, 0.1) is 0 Å². The van der Waals surface area contributed by atoms with Crippen LogP contribution in [0.4, 0.5) is 0 Å². The fraction of sp³-hybridized carbons (Fsp3) is 0.857. The van der Waals surface area contributed by atoms with Crippen molar-refractivity contribution in [3.63, 3.8) is 0 Å². The van der Waals surface area contributed by atoms with Crippen LogP contribution in [0.3, 0.4) is 0 Å². The minimum atomic E-state index is 0.384. The third-order valence-electron chi connectivity index (χ3n) is 0.638. The molecule has 0 radical (unpaired) electrons. The maximum atomic E-state index is 9.17. The van der Waals surface area contributed by atoms with E-state index in [-0.39, 0.29) is 0 Å². The lowest BCUT2D eigenvalue weighted by atomic mass is 10.5. The summed E-state index contributed by atoms with van der Waals surface area (Å²) in [4.78, 5) is 9.17. The van der Waals surface area contributed by atoms with Crippen LogP contribution in [-0.4, -0.2) is 19.5 Å². The molecule has 2 nitrogen and oxygen atoms in total. The van der Waals surface area contributed by atoms with E-state index >= 15 is 0 Å². The predicted octanol–water partition coefficient (Wildman–Crippen LogP) is 1.64. The van der Waals surface area contributed by atoms with E-state index in [9.17, 15) is 4.79 Å². The zero-order valence-electron chi connectivity index (χ0n) is 6.68. The topological polar surface area (TPSA) is 26.3 Å². The second-order valence-corrected chi connectivity index (χ2v) is 1.86. The van der Waals surface area contributed by atoms with Crippen molar-refractivity contribution in [3.05, 3.63) is 0 Å². The van der Waals surface area contributed by atoms with Crippen molar-refractivity contribution in [1.82, 2.24) is 0 Å². The van der Waals surface area contributed by atoms with E-state index in [0.717, 1.165) is 6.29 Å². The number of aldehydes is 1. The summed E-state index contributed by atoms with van der Waals surface area (Å²) in [5, 5.41) is 0. The smallest absolute Gasteiger partial charge is 0.119 e. The van der Waals surface area contributed by atoms with E-state index in [0.29, 0.717) is 12.5 Å². The zero-order valence-corrected chi connectivity index (χ0v) is 6.68. The van der Waals surface area contributed by atoms with Gasteiger partial charge in [0.05, 0.1) is 6.10 Å². The van der Waals surface area contributed by atoms with E-state index < -0.39 is 0 Å². The zero-order chi connectivity index (χ0) is 7.70. The van der Waals surface area contributed by atoms with Crippen molar-refractivity contribution in [2.24, 2.45) is 0 Å². The Morgan fingerprint density at radius 1 is 1.56 bits per heavy atom. The quantitative estimate of drug-likeness (QED) is 0.534. The van der Waals surface area contributed by atoms with Crippen molar-refractivity contribution in [1.29, 1.82) is 0 Å². The lowest BCUT2D eigenvalue weighted by Crippen LogP contribution is -1.94. The first-order valence-corrected chi connectivity index (χ1v) is 3.15. The van der Waals surface area contributed by atoms with Gasteiger partial charge in [-0.25, -0.2) is 0 Å². The molecule has 0 aromatic heterocycles. The van der Waals surface area contributed by atoms with Gasteiger partial charge in [0.2, 0.25) is 0 Å². The second-order valence-electron chi connectivity index (χ2n) is 1.86. The molecule has 0 rings (SSSR count).